The van der Waals surface area contributed by atoms with E-state index in [9.17, 15) is 13.6 Å². The number of benzene rings is 1. The van der Waals surface area contributed by atoms with Crippen LogP contribution in [-0.4, -0.2) is 16.1 Å². The Hall–Kier alpha value is -2.04. The molecule has 0 fully saturated rings. The lowest BCUT2D eigenvalue weighted by Gasteiger charge is -2.03. The second-order valence-corrected chi connectivity index (χ2v) is 3.32. The highest BCUT2D eigenvalue weighted by molar-refractivity contribution is 5.85. The molecule has 0 aliphatic heterocycles. The zero-order chi connectivity index (χ0) is 11.7. The molecule has 0 N–H and O–H groups in total. The van der Waals surface area contributed by atoms with Crippen molar-refractivity contribution in [3.8, 4) is 11.3 Å². The molecular weight excluding hydrogens is 214 g/mol. The van der Waals surface area contributed by atoms with Gasteiger partial charge in [0.05, 0.1) is 17.5 Å². The van der Waals surface area contributed by atoms with Crippen molar-refractivity contribution in [2.24, 2.45) is 7.05 Å². The largest absolute Gasteiger partial charge is 0.298 e. The molecule has 0 radical (unpaired) electrons. The summed E-state index contributed by atoms with van der Waals surface area (Å²) in [5.74, 6) is -1.87. The van der Waals surface area contributed by atoms with Crippen molar-refractivity contribution in [3.63, 3.8) is 0 Å². The number of halogens is 2. The molecule has 82 valence electrons. The Kier molecular flexibility index (Phi) is 2.52. The number of nitrogens with zero attached hydrogens (tertiary/aromatic N) is 2. The molecule has 0 saturated carbocycles. The molecule has 5 heteroatoms. The number of carbonyl (C=O) groups excluding carboxylic acids is 1. The number of hydrogen-bond donors (Lipinski definition) is 0. The van der Waals surface area contributed by atoms with Crippen LogP contribution in [0.25, 0.3) is 11.3 Å². The highest BCUT2D eigenvalue weighted by atomic mass is 19.2. The molecular formula is C11H8F2N2O. The Morgan fingerprint density at radius 1 is 1.31 bits per heavy atom. The van der Waals surface area contributed by atoms with E-state index in [1.54, 1.807) is 7.05 Å². The highest BCUT2D eigenvalue weighted by Gasteiger charge is 2.12. The minimum Gasteiger partial charge on any atom is -0.298 e. The van der Waals surface area contributed by atoms with E-state index in [1.165, 1.54) is 16.9 Å². The maximum absolute atomic E-state index is 13.0. The molecule has 2 rings (SSSR count). The molecule has 0 aliphatic rings. The number of aromatic nitrogens is 2. The van der Waals surface area contributed by atoms with Crippen molar-refractivity contribution < 1.29 is 13.6 Å². The summed E-state index contributed by atoms with van der Waals surface area (Å²) in [5.41, 5.74) is 1.23. The zero-order valence-electron chi connectivity index (χ0n) is 8.45. The van der Waals surface area contributed by atoms with Crippen LogP contribution in [0.1, 0.15) is 10.4 Å². The number of aryl methyl sites for hydroxylation is 1. The predicted molar refractivity (Wildman–Crippen MR) is 53.9 cm³/mol. The highest BCUT2D eigenvalue weighted by Crippen LogP contribution is 2.23. The summed E-state index contributed by atoms with van der Waals surface area (Å²) in [5, 5.41) is 3.89. The van der Waals surface area contributed by atoms with Gasteiger partial charge in [-0.2, -0.15) is 5.10 Å². The molecule has 0 aliphatic carbocycles. The van der Waals surface area contributed by atoms with Gasteiger partial charge < -0.3 is 0 Å². The second kappa shape index (κ2) is 3.84. The van der Waals surface area contributed by atoms with Gasteiger partial charge in [0.2, 0.25) is 0 Å². The Morgan fingerprint density at radius 3 is 2.69 bits per heavy atom. The lowest BCUT2D eigenvalue weighted by Crippen LogP contribution is -1.96. The number of rotatable bonds is 2. The smallest absolute Gasteiger partial charge is 0.159 e. The van der Waals surface area contributed by atoms with Gasteiger partial charge in [-0.25, -0.2) is 8.78 Å². The first-order chi connectivity index (χ1) is 7.63. The summed E-state index contributed by atoms with van der Waals surface area (Å²) in [6.07, 6.45) is 2.01. The van der Waals surface area contributed by atoms with Crippen LogP contribution in [0.3, 0.4) is 0 Å². The fourth-order valence-corrected chi connectivity index (χ4v) is 1.54. The van der Waals surface area contributed by atoms with E-state index >= 15 is 0 Å². The summed E-state index contributed by atoms with van der Waals surface area (Å²) in [4.78, 5) is 10.7. The number of aldehydes is 1. The summed E-state index contributed by atoms with van der Waals surface area (Å²) in [6.45, 7) is 0. The summed E-state index contributed by atoms with van der Waals surface area (Å²) in [7, 11) is 1.63. The van der Waals surface area contributed by atoms with Crippen LogP contribution in [0, 0.1) is 11.6 Å². The zero-order valence-corrected chi connectivity index (χ0v) is 8.45. The molecule has 16 heavy (non-hydrogen) atoms. The normalized spacial score (nSPS) is 10.4. The molecule has 0 bridgehead atoms. The van der Waals surface area contributed by atoms with Crippen LogP contribution < -0.4 is 0 Å². The van der Waals surface area contributed by atoms with E-state index in [4.69, 9.17) is 0 Å². The van der Waals surface area contributed by atoms with Crippen LogP contribution in [0.2, 0.25) is 0 Å². The Morgan fingerprint density at radius 2 is 2.06 bits per heavy atom. The first-order valence-corrected chi connectivity index (χ1v) is 4.56. The minimum atomic E-state index is -0.949. The summed E-state index contributed by atoms with van der Waals surface area (Å²) >= 11 is 0. The number of hydrogen-bond acceptors (Lipinski definition) is 2. The van der Waals surface area contributed by atoms with Crippen molar-refractivity contribution in [3.05, 3.63) is 41.6 Å². The van der Waals surface area contributed by atoms with Crippen LogP contribution in [0.5, 0.6) is 0 Å². The van der Waals surface area contributed by atoms with Gasteiger partial charge >= 0.3 is 0 Å². The van der Waals surface area contributed by atoms with Gasteiger partial charge in [0, 0.05) is 12.6 Å². The van der Waals surface area contributed by atoms with Crippen LogP contribution in [0.4, 0.5) is 8.78 Å². The third kappa shape index (κ3) is 1.60. The Bertz CT molecular complexity index is 549. The standard InChI is InChI=1S/C11H8F2N2O/c1-15-11(8(6-16)5-14-15)7-2-3-9(12)10(13)4-7/h2-6H,1H3. The third-order valence-corrected chi connectivity index (χ3v) is 2.29. The van der Waals surface area contributed by atoms with Crippen molar-refractivity contribution in [2.75, 3.05) is 0 Å². The van der Waals surface area contributed by atoms with E-state index in [2.05, 4.69) is 5.10 Å². The van der Waals surface area contributed by atoms with E-state index in [0.717, 1.165) is 12.1 Å². The Labute approximate surface area is 90.3 Å². The van der Waals surface area contributed by atoms with E-state index in [-0.39, 0.29) is 0 Å². The molecule has 0 unspecified atom stereocenters. The third-order valence-electron chi connectivity index (χ3n) is 2.29. The average Bonchev–Trinajstić information content (AvgIpc) is 2.64. The quantitative estimate of drug-likeness (QED) is 0.730. The van der Waals surface area contributed by atoms with E-state index < -0.39 is 11.6 Å². The maximum Gasteiger partial charge on any atom is 0.159 e. The fourth-order valence-electron chi connectivity index (χ4n) is 1.54. The lowest BCUT2D eigenvalue weighted by atomic mass is 10.1. The van der Waals surface area contributed by atoms with Crippen molar-refractivity contribution >= 4 is 6.29 Å². The molecule has 0 saturated heterocycles. The molecule has 0 spiro atoms. The molecule has 2 aromatic rings. The fraction of sp³-hybridized carbons (Fsp3) is 0.0909. The van der Waals surface area contributed by atoms with Crippen LogP contribution in [-0.2, 0) is 7.05 Å². The topological polar surface area (TPSA) is 34.9 Å². The maximum atomic E-state index is 13.0. The van der Waals surface area contributed by atoms with Gasteiger partial charge in [-0.15, -0.1) is 0 Å². The van der Waals surface area contributed by atoms with Crippen molar-refractivity contribution in [2.45, 2.75) is 0 Å². The molecule has 1 aromatic carbocycles. The molecule has 3 nitrogen and oxygen atoms in total. The number of carbonyl (C=O) groups is 1. The summed E-state index contributed by atoms with van der Waals surface area (Å²) < 4.78 is 27.2. The first-order valence-electron chi connectivity index (χ1n) is 4.56. The molecule has 1 heterocycles. The molecule has 0 amide bonds. The first kappa shape index (κ1) is 10.5. The second-order valence-electron chi connectivity index (χ2n) is 3.32. The van der Waals surface area contributed by atoms with Gasteiger partial charge in [0.15, 0.2) is 17.9 Å². The van der Waals surface area contributed by atoms with Crippen LogP contribution >= 0.6 is 0 Å². The van der Waals surface area contributed by atoms with Crippen molar-refractivity contribution in [1.29, 1.82) is 0 Å². The lowest BCUT2D eigenvalue weighted by molar-refractivity contribution is 0.112. The monoisotopic (exact) mass is 222 g/mol. The minimum absolute atomic E-state index is 0.341. The van der Waals surface area contributed by atoms with Crippen molar-refractivity contribution in [1.82, 2.24) is 9.78 Å². The Balaban J connectivity index is 2.62. The van der Waals surface area contributed by atoms with Gasteiger partial charge in [-0.1, -0.05) is 0 Å². The van der Waals surface area contributed by atoms with Crippen LogP contribution in [0.15, 0.2) is 24.4 Å². The molecule has 0 atom stereocenters. The average molecular weight is 222 g/mol. The SMILES string of the molecule is Cn1ncc(C=O)c1-c1ccc(F)c(F)c1. The summed E-state index contributed by atoms with van der Waals surface area (Å²) in [6, 6.07) is 3.47. The van der Waals surface area contributed by atoms with Gasteiger partial charge in [0.25, 0.3) is 0 Å². The predicted octanol–water partition coefficient (Wildman–Crippen LogP) is 2.18. The van der Waals surface area contributed by atoms with Gasteiger partial charge in [-0.05, 0) is 18.2 Å². The molecule has 1 aromatic heterocycles. The van der Waals surface area contributed by atoms with Gasteiger partial charge in [-0.3, -0.25) is 9.48 Å². The van der Waals surface area contributed by atoms with Gasteiger partial charge in [0.1, 0.15) is 0 Å². The van der Waals surface area contributed by atoms with E-state index in [1.807, 2.05) is 0 Å². The van der Waals surface area contributed by atoms with E-state index in [0.29, 0.717) is 23.1 Å².